The zero-order chi connectivity index (χ0) is 25.7. The molecular formula is C28H29ClN6O2. The average molecular weight is 517 g/mol. The third kappa shape index (κ3) is 5.17. The number of anilines is 2. The molecule has 3 heterocycles. The Labute approximate surface area is 220 Å². The molecule has 37 heavy (non-hydrogen) atoms. The van der Waals surface area contributed by atoms with E-state index in [-0.39, 0.29) is 17.7 Å². The lowest BCUT2D eigenvalue weighted by atomic mass is 9.97. The fraction of sp³-hybridized carbons (Fsp3) is 0.357. The number of aliphatic hydroxyl groups is 1. The molecule has 1 amide bonds. The van der Waals surface area contributed by atoms with E-state index in [1.807, 2.05) is 34.9 Å². The minimum atomic E-state index is -0.991. The predicted molar refractivity (Wildman–Crippen MR) is 143 cm³/mol. The van der Waals surface area contributed by atoms with Crippen LogP contribution in [0.15, 0.2) is 55.1 Å². The van der Waals surface area contributed by atoms with E-state index in [0.29, 0.717) is 29.1 Å². The second kappa shape index (κ2) is 9.11. The summed E-state index contributed by atoms with van der Waals surface area (Å²) in [5.41, 5.74) is 3.74. The van der Waals surface area contributed by atoms with E-state index in [1.54, 1.807) is 19.9 Å². The summed E-state index contributed by atoms with van der Waals surface area (Å²) in [6.07, 6.45) is 8.70. The first-order valence-corrected chi connectivity index (χ1v) is 13.0. The number of carbonyl (C=O) groups excluding carboxylic acids is 1. The number of halogens is 1. The van der Waals surface area contributed by atoms with Gasteiger partial charge in [0.25, 0.3) is 0 Å². The quantitative estimate of drug-likeness (QED) is 0.296. The highest BCUT2D eigenvalue weighted by atomic mass is 35.5. The molecule has 0 aliphatic heterocycles. The van der Waals surface area contributed by atoms with Crippen molar-refractivity contribution in [3.8, 4) is 0 Å². The summed E-state index contributed by atoms with van der Waals surface area (Å²) < 4.78 is 2.01. The smallest absolute Gasteiger partial charge is 0.229 e. The third-order valence-electron chi connectivity index (χ3n) is 7.10. The summed E-state index contributed by atoms with van der Waals surface area (Å²) in [4.78, 5) is 26.0. The maximum absolute atomic E-state index is 12.8. The highest BCUT2D eigenvalue weighted by Gasteiger charge is 2.44. The Hall–Kier alpha value is -3.49. The molecule has 0 unspecified atom stereocenters. The SMILES string of the molecule is CC(C)(O)c1cc(C2CC2)cn2cc(CNc3cc(NC(=O)[C@H]4C[C@@H]4c4cccc(Cl)c4)ncn3)nc12. The first kappa shape index (κ1) is 23.9. The lowest BCUT2D eigenvalue weighted by Gasteiger charge is -2.19. The van der Waals surface area contributed by atoms with Gasteiger partial charge in [-0.3, -0.25) is 4.79 Å². The number of hydrogen-bond donors (Lipinski definition) is 3. The number of aromatic nitrogens is 4. The minimum absolute atomic E-state index is 0.0550. The highest BCUT2D eigenvalue weighted by molar-refractivity contribution is 6.30. The molecule has 1 aromatic carbocycles. The Morgan fingerprint density at radius 2 is 1.95 bits per heavy atom. The molecule has 2 atom stereocenters. The van der Waals surface area contributed by atoms with Crippen LogP contribution in [-0.4, -0.2) is 30.4 Å². The number of benzene rings is 1. The molecule has 4 aromatic rings. The second-order valence-electron chi connectivity index (χ2n) is 10.6. The lowest BCUT2D eigenvalue weighted by Crippen LogP contribution is -2.17. The van der Waals surface area contributed by atoms with Crippen molar-refractivity contribution >= 4 is 34.8 Å². The van der Waals surface area contributed by atoms with Gasteiger partial charge in [0.05, 0.1) is 17.8 Å². The molecule has 0 bridgehead atoms. The van der Waals surface area contributed by atoms with Crippen LogP contribution in [0.25, 0.3) is 5.65 Å². The highest BCUT2D eigenvalue weighted by Crippen LogP contribution is 2.48. The molecule has 3 aromatic heterocycles. The van der Waals surface area contributed by atoms with Gasteiger partial charge in [0, 0.05) is 35.0 Å². The standard InChI is InChI=1S/C28H29ClN6O2/c1-28(2,37)23-9-18(16-6-7-16)13-35-14-20(33-26(23)35)12-30-24-11-25(32-15-31-24)34-27(36)22-10-21(22)17-4-3-5-19(29)8-17/h3-5,8-9,11,13-16,21-22,37H,6-7,10,12H2,1-2H3,(H2,30,31,32,34,36)/t21-,22+/m1/s1. The number of nitrogens with one attached hydrogen (secondary N) is 2. The van der Waals surface area contributed by atoms with Crippen LogP contribution in [0.3, 0.4) is 0 Å². The van der Waals surface area contributed by atoms with Crippen molar-refractivity contribution < 1.29 is 9.90 Å². The van der Waals surface area contributed by atoms with Crippen LogP contribution in [0.1, 0.15) is 67.3 Å². The van der Waals surface area contributed by atoms with Crippen molar-refractivity contribution in [2.24, 2.45) is 5.92 Å². The Morgan fingerprint density at radius 1 is 1.14 bits per heavy atom. The van der Waals surface area contributed by atoms with E-state index >= 15 is 0 Å². The number of hydrogen-bond acceptors (Lipinski definition) is 6. The van der Waals surface area contributed by atoms with Crippen molar-refractivity contribution in [1.82, 2.24) is 19.4 Å². The second-order valence-corrected chi connectivity index (χ2v) is 11.1. The fourth-order valence-corrected chi connectivity index (χ4v) is 5.06. The summed E-state index contributed by atoms with van der Waals surface area (Å²) in [6.45, 7) is 4.03. The maximum Gasteiger partial charge on any atom is 0.229 e. The van der Waals surface area contributed by atoms with Gasteiger partial charge in [0.2, 0.25) is 5.91 Å². The Kier molecular flexibility index (Phi) is 5.88. The summed E-state index contributed by atoms with van der Waals surface area (Å²) in [5.74, 6) is 1.65. The Morgan fingerprint density at radius 3 is 2.70 bits per heavy atom. The van der Waals surface area contributed by atoms with Crippen molar-refractivity contribution in [2.75, 3.05) is 10.6 Å². The van der Waals surface area contributed by atoms with Crippen molar-refractivity contribution in [3.05, 3.63) is 82.5 Å². The fourth-order valence-electron chi connectivity index (χ4n) is 4.86. The molecule has 2 aliphatic carbocycles. The minimum Gasteiger partial charge on any atom is -0.386 e. The summed E-state index contributed by atoms with van der Waals surface area (Å²) >= 11 is 6.10. The number of nitrogens with zero attached hydrogens (tertiary/aromatic N) is 4. The van der Waals surface area contributed by atoms with Gasteiger partial charge in [0.15, 0.2) is 0 Å². The first-order chi connectivity index (χ1) is 17.7. The number of fused-ring (bicyclic) bond motifs is 1. The van der Waals surface area contributed by atoms with Crippen LogP contribution in [0, 0.1) is 5.92 Å². The lowest BCUT2D eigenvalue weighted by molar-refractivity contribution is -0.117. The zero-order valence-electron chi connectivity index (χ0n) is 20.8. The van der Waals surface area contributed by atoms with E-state index in [2.05, 4.69) is 32.9 Å². The Bertz CT molecular complexity index is 1490. The number of carbonyl (C=O) groups is 1. The normalized spacial score (nSPS) is 19.1. The molecule has 0 radical (unpaired) electrons. The predicted octanol–water partition coefficient (Wildman–Crippen LogP) is 5.24. The molecule has 0 saturated heterocycles. The van der Waals surface area contributed by atoms with Crippen molar-refractivity contribution in [3.63, 3.8) is 0 Å². The van der Waals surface area contributed by atoms with Gasteiger partial charge in [-0.1, -0.05) is 23.7 Å². The molecule has 2 fully saturated rings. The summed E-state index contributed by atoms with van der Waals surface area (Å²) in [7, 11) is 0. The van der Waals surface area contributed by atoms with Gasteiger partial charge in [-0.15, -0.1) is 0 Å². The zero-order valence-corrected chi connectivity index (χ0v) is 21.5. The van der Waals surface area contributed by atoms with Gasteiger partial charge in [-0.25, -0.2) is 15.0 Å². The largest absolute Gasteiger partial charge is 0.386 e. The van der Waals surface area contributed by atoms with E-state index in [1.165, 1.54) is 24.7 Å². The summed E-state index contributed by atoms with van der Waals surface area (Å²) in [6, 6.07) is 11.5. The number of imidazole rings is 1. The van der Waals surface area contributed by atoms with E-state index in [4.69, 9.17) is 16.6 Å². The average Bonchev–Trinajstić information content (AvgIpc) is 3.78. The molecule has 2 saturated carbocycles. The molecule has 0 spiro atoms. The van der Waals surface area contributed by atoms with Gasteiger partial charge in [-0.05, 0) is 74.3 Å². The topological polar surface area (TPSA) is 104 Å². The van der Waals surface area contributed by atoms with Gasteiger partial charge >= 0.3 is 0 Å². The molecule has 6 rings (SSSR count). The first-order valence-electron chi connectivity index (χ1n) is 12.6. The number of amides is 1. The molecule has 9 heteroatoms. The molecule has 8 nitrogen and oxygen atoms in total. The van der Waals surface area contributed by atoms with Crippen molar-refractivity contribution in [2.45, 2.75) is 57.1 Å². The van der Waals surface area contributed by atoms with E-state index in [9.17, 15) is 9.90 Å². The van der Waals surface area contributed by atoms with Crippen LogP contribution in [0.5, 0.6) is 0 Å². The molecule has 3 N–H and O–H groups in total. The van der Waals surface area contributed by atoms with Gasteiger partial charge in [-0.2, -0.15) is 0 Å². The number of pyridine rings is 1. The van der Waals surface area contributed by atoms with E-state index in [0.717, 1.165) is 28.9 Å². The summed E-state index contributed by atoms with van der Waals surface area (Å²) in [5, 5.41) is 17.6. The van der Waals surface area contributed by atoms with Crippen LogP contribution >= 0.6 is 11.6 Å². The van der Waals surface area contributed by atoms with Gasteiger partial charge in [0.1, 0.15) is 23.6 Å². The van der Waals surface area contributed by atoms with Crippen LogP contribution in [0.2, 0.25) is 5.02 Å². The third-order valence-corrected chi connectivity index (χ3v) is 7.34. The van der Waals surface area contributed by atoms with Crippen LogP contribution < -0.4 is 10.6 Å². The molecule has 2 aliphatic rings. The van der Waals surface area contributed by atoms with E-state index < -0.39 is 5.60 Å². The Balaban J connectivity index is 1.12. The maximum atomic E-state index is 12.8. The molecule has 190 valence electrons. The number of rotatable bonds is 8. The van der Waals surface area contributed by atoms with Crippen LogP contribution in [-0.2, 0) is 16.9 Å². The van der Waals surface area contributed by atoms with Crippen molar-refractivity contribution in [1.29, 1.82) is 0 Å². The van der Waals surface area contributed by atoms with Crippen LogP contribution in [0.4, 0.5) is 11.6 Å². The monoisotopic (exact) mass is 516 g/mol. The molecular weight excluding hydrogens is 488 g/mol. The van der Waals surface area contributed by atoms with Gasteiger partial charge < -0.3 is 20.1 Å².